The number of carbonyl (C=O) groups is 2. The number of methoxy groups -OCH3 is 3. The molecule has 0 aliphatic carbocycles. The SMILES string of the molecule is COCOc1cc(OCOC)cc(-c2ccc(C(=O)N3C[C@@H](N)C[C@H]3C(=O)OC)cc2)c1. The van der Waals surface area contributed by atoms with E-state index in [1.54, 1.807) is 32.4 Å². The molecular weight excluding hydrogens is 416 g/mol. The average molecular weight is 444 g/mol. The van der Waals surface area contributed by atoms with Crippen LogP contribution in [0.4, 0.5) is 0 Å². The molecule has 0 radical (unpaired) electrons. The van der Waals surface area contributed by atoms with Crippen LogP contribution in [0, 0.1) is 0 Å². The molecular formula is C23H28N2O7. The van der Waals surface area contributed by atoms with Gasteiger partial charge in [-0.3, -0.25) is 4.79 Å². The van der Waals surface area contributed by atoms with Gasteiger partial charge in [0.25, 0.3) is 5.91 Å². The van der Waals surface area contributed by atoms with Crippen LogP contribution in [0.1, 0.15) is 16.8 Å². The quantitative estimate of drug-likeness (QED) is 0.462. The molecule has 3 rings (SSSR count). The van der Waals surface area contributed by atoms with Crippen LogP contribution in [0.5, 0.6) is 11.5 Å². The Kier molecular flexibility index (Phi) is 8.04. The Balaban J connectivity index is 1.82. The maximum Gasteiger partial charge on any atom is 0.328 e. The first-order chi connectivity index (χ1) is 15.5. The minimum atomic E-state index is -0.669. The van der Waals surface area contributed by atoms with E-state index in [-0.39, 0.29) is 25.5 Å². The van der Waals surface area contributed by atoms with Crippen LogP contribution in [0.15, 0.2) is 42.5 Å². The lowest BCUT2D eigenvalue weighted by Gasteiger charge is -2.22. The zero-order chi connectivity index (χ0) is 23.1. The standard InChI is InChI=1S/C23H28N2O7/c1-28-13-31-19-8-17(9-20(11-19)32-14-29-2)15-4-6-16(7-5-15)22(26)25-12-18(24)10-21(25)23(27)30-3/h4-9,11,18,21H,10,12-14,24H2,1-3H3/t18-,21-/m0/s1. The van der Waals surface area contributed by atoms with Gasteiger partial charge in [0.15, 0.2) is 13.6 Å². The maximum atomic E-state index is 13.0. The van der Waals surface area contributed by atoms with Crippen LogP contribution in [-0.2, 0) is 19.0 Å². The van der Waals surface area contributed by atoms with Crippen molar-refractivity contribution in [2.45, 2.75) is 18.5 Å². The summed E-state index contributed by atoms with van der Waals surface area (Å²) in [6.45, 7) is 0.499. The van der Waals surface area contributed by atoms with Crippen molar-refractivity contribution in [3.8, 4) is 22.6 Å². The third-order valence-corrected chi connectivity index (χ3v) is 5.10. The van der Waals surface area contributed by atoms with Crippen LogP contribution >= 0.6 is 0 Å². The number of rotatable bonds is 9. The van der Waals surface area contributed by atoms with Crippen molar-refractivity contribution in [1.82, 2.24) is 4.90 Å². The Hall–Kier alpha value is -3.14. The highest BCUT2D eigenvalue weighted by atomic mass is 16.7. The molecule has 2 atom stereocenters. The molecule has 0 bridgehead atoms. The summed E-state index contributed by atoms with van der Waals surface area (Å²) < 4.78 is 25.9. The molecule has 1 aliphatic rings. The van der Waals surface area contributed by atoms with E-state index >= 15 is 0 Å². The van der Waals surface area contributed by atoms with Gasteiger partial charge in [0, 0.05) is 38.4 Å². The van der Waals surface area contributed by atoms with Gasteiger partial charge in [-0.25, -0.2) is 4.79 Å². The number of nitrogens with zero attached hydrogens (tertiary/aromatic N) is 1. The number of hydrogen-bond acceptors (Lipinski definition) is 8. The van der Waals surface area contributed by atoms with E-state index in [1.165, 1.54) is 12.0 Å². The molecule has 0 saturated carbocycles. The molecule has 172 valence electrons. The van der Waals surface area contributed by atoms with Crippen molar-refractivity contribution in [2.75, 3.05) is 41.5 Å². The average Bonchev–Trinajstić information content (AvgIpc) is 3.22. The van der Waals surface area contributed by atoms with Crippen LogP contribution in [0.3, 0.4) is 0 Å². The fourth-order valence-electron chi connectivity index (χ4n) is 3.58. The molecule has 1 aliphatic heterocycles. The minimum Gasteiger partial charge on any atom is -0.467 e. The molecule has 0 unspecified atom stereocenters. The van der Waals surface area contributed by atoms with Gasteiger partial charge in [-0.05, 0) is 41.8 Å². The first-order valence-electron chi connectivity index (χ1n) is 10.1. The lowest BCUT2D eigenvalue weighted by molar-refractivity contribution is -0.145. The van der Waals surface area contributed by atoms with Crippen LogP contribution in [-0.4, -0.2) is 70.3 Å². The number of likely N-dealkylation sites (tertiary alicyclic amines) is 1. The van der Waals surface area contributed by atoms with Gasteiger partial charge in [-0.2, -0.15) is 0 Å². The Morgan fingerprint density at radius 2 is 1.53 bits per heavy atom. The topological polar surface area (TPSA) is 110 Å². The van der Waals surface area contributed by atoms with Gasteiger partial charge in [0.05, 0.1) is 7.11 Å². The van der Waals surface area contributed by atoms with Crippen molar-refractivity contribution in [2.24, 2.45) is 5.73 Å². The molecule has 1 fully saturated rings. The highest BCUT2D eigenvalue weighted by Crippen LogP contribution is 2.31. The molecule has 2 aromatic rings. The maximum absolute atomic E-state index is 13.0. The van der Waals surface area contributed by atoms with Gasteiger partial charge in [0.1, 0.15) is 17.5 Å². The Morgan fingerprint density at radius 1 is 0.938 bits per heavy atom. The molecule has 1 saturated heterocycles. The molecule has 2 N–H and O–H groups in total. The third kappa shape index (κ3) is 5.56. The molecule has 2 aromatic carbocycles. The molecule has 0 aromatic heterocycles. The van der Waals surface area contributed by atoms with Gasteiger partial charge in [-0.15, -0.1) is 0 Å². The summed E-state index contributed by atoms with van der Waals surface area (Å²) >= 11 is 0. The van der Waals surface area contributed by atoms with Crippen molar-refractivity contribution in [1.29, 1.82) is 0 Å². The second-order valence-corrected chi connectivity index (χ2v) is 7.36. The number of hydrogen-bond donors (Lipinski definition) is 1. The molecule has 1 amide bonds. The van der Waals surface area contributed by atoms with E-state index in [2.05, 4.69) is 0 Å². The monoisotopic (exact) mass is 444 g/mol. The summed E-state index contributed by atoms with van der Waals surface area (Å²) in [7, 11) is 4.39. The number of carbonyl (C=O) groups excluding carboxylic acids is 2. The fourth-order valence-corrected chi connectivity index (χ4v) is 3.58. The minimum absolute atomic E-state index is 0.0972. The van der Waals surface area contributed by atoms with Gasteiger partial charge in [0.2, 0.25) is 0 Å². The number of esters is 1. The summed E-state index contributed by atoms with van der Waals surface area (Å²) in [5.74, 6) is 0.422. The van der Waals surface area contributed by atoms with E-state index < -0.39 is 12.0 Å². The summed E-state index contributed by atoms with van der Waals surface area (Å²) in [5, 5.41) is 0. The van der Waals surface area contributed by atoms with Gasteiger partial charge in [-0.1, -0.05) is 12.1 Å². The van der Waals surface area contributed by atoms with E-state index in [0.29, 0.717) is 30.0 Å². The van der Waals surface area contributed by atoms with Crippen molar-refractivity contribution >= 4 is 11.9 Å². The number of ether oxygens (including phenoxy) is 5. The van der Waals surface area contributed by atoms with E-state index in [9.17, 15) is 9.59 Å². The molecule has 1 heterocycles. The van der Waals surface area contributed by atoms with Gasteiger partial charge < -0.3 is 34.3 Å². The summed E-state index contributed by atoms with van der Waals surface area (Å²) in [4.78, 5) is 26.5. The molecule has 9 nitrogen and oxygen atoms in total. The molecule has 0 spiro atoms. The van der Waals surface area contributed by atoms with E-state index in [1.807, 2.05) is 24.3 Å². The van der Waals surface area contributed by atoms with E-state index in [4.69, 9.17) is 29.4 Å². The lowest BCUT2D eigenvalue weighted by Crippen LogP contribution is -2.41. The van der Waals surface area contributed by atoms with Crippen molar-refractivity contribution < 1.29 is 33.3 Å². The van der Waals surface area contributed by atoms with Crippen molar-refractivity contribution in [3.05, 3.63) is 48.0 Å². The van der Waals surface area contributed by atoms with Crippen LogP contribution in [0.25, 0.3) is 11.1 Å². The predicted octanol–water partition coefficient (Wildman–Crippen LogP) is 2.03. The Morgan fingerprint density at radius 3 is 2.06 bits per heavy atom. The summed E-state index contributed by atoms with van der Waals surface area (Å²) in [6.07, 6.45) is 0.384. The third-order valence-electron chi connectivity index (χ3n) is 5.10. The number of nitrogens with two attached hydrogens (primary N) is 1. The Labute approximate surface area is 186 Å². The highest BCUT2D eigenvalue weighted by Gasteiger charge is 2.39. The predicted molar refractivity (Wildman–Crippen MR) is 116 cm³/mol. The van der Waals surface area contributed by atoms with Crippen LogP contribution < -0.4 is 15.2 Å². The van der Waals surface area contributed by atoms with Crippen LogP contribution in [0.2, 0.25) is 0 Å². The zero-order valence-electron chi connectivity index (χ0n) is 18.4. The van der Waals surface area contributed by atoms with Gasteiger partial charge >= 0.3 is 5.97 Å². The first-order valence-corrected chi connectivity index (χ1v) is 10.1. The normalized spacial score (nSPS) is 17.8. The van der Waals surface area contributed by atoms with Crippen molar-refractivity contribution in [3.63, 3.8) is 0 Å². The summed E-state index contributed by atoms with van der Waals surface area (Å²) in [5.41, 5.74) is 8.12. The highest BCUT2D eigenvalue weighted by molar-refractivity contribution is 5.97. The summed E-state index contributed by atoms with van der Waals surface area (Å²) in [6, 6.07) is 11.6. The Bertz CT molecular complexity index is 906. The second kappa shape index (κ2) is 10.9. The fraction of sp³-hybridized carbons (Fsp3) is 0.391. The lowest BCUT2D eigenvalue weighted by atomic mass is 10.0. The first kappa shape index (κ1) is 23.5. The number of benzene rings is 2. The molecule has 32 heavy (non-hydrogen) atoms. The number of amides is 1. The largest absolute Gasteiger partial charge is 0.467 e. The second-order valence-electron chi connectivity index (χ2n) is 7.36. The smallest absolute Gasteiger partial charge is 0.328 e. The molecule has 9 heteroatoms. The zero-order valence-corrected chi connectivity index (χ0v) is 18.4. The van der Waals surface area contributed by atoms with E-state index in [0.717, 1.165) is 11.1 Å².